The standard InChI is InChI=1S/C50H87NO7/c1-6-8-10-12-14-16-18-20-22-24-25-27-28-30-32-34-36-38-40-48(52)57-45-46(44-56-43-42-47(50(54)55)51(3,4)5)58-49(53)41-39-37-35-33-31-29-26-23-21-19-17-15-13-11-9-7-2/h9,11,15,17,21,23,25,27,29,31,46-47H,6-8,10,12-14,16,18-20,22,24,26,28,30,32-45H2,1-5H3/p+1/b11-9+,17-15+,23-21+,27-25+,31-29+. The maximum Gasteiger partial charge on any atom is 0.362 e. The number of quaternary nitrogens is 1. The molecule has 0 aromatic heterocycles. The molecule has 58 heavy (non-hydrogen) atoms. The van der Waals surface area contributed by atoms with Crippen molar-refractivity contribution in [1.29, 1.82) is 0 Å². The minimum absolute atomic E-state index is 0.0436. The Kier molecular flexibility index (Phi) is 38.7. The molecule has 0 radical (unpaired) electrons. The van der Waals surface area contributed by atoms with E-state index in [4.69, 9.17) is 14.2 Å². The molecule has 0 rings (SSSR count). The predicted octanol–water partition coefficient (Wildman–Crippen LogP) is 13.0. The van der Waals surface area contributed by atoms with E-state index in [9.17, 15) is 19.5 Å². The van der Waals surface area contributed by atoms with Crippen molar-refractivity contribution in [1.82, 2.24) is 0 Å². The summed E-state index contributed by atoms with van der Waals surface area (Å²) >= 11 is 0. The molecule has 0 aliphatic carbocycles. The highest BCUT2D eigenvalue weighted by molar-refractivity contribution is 5.72. The highest BCUT2D eigenvalue weighted by atomic mass is 16.6. The Morgan fingerprint density at radius 3 is 1.47 bits per heavy atom. The molecule has 0 aromatic carbocycles. The summed E-state index contributed by atoms with van der Waals surface area (Å²) in [6.07, 6.45) is 49.8. The first-order chi connectivity index (χ1) is 28.1. The molecule has 0 saturated carbocycles. The molecular weight excluding hydrogens is 727 g/mol. The van der Waals surface area contributed by atoms with Crippen LogP contribution in [0.15, 0.2) is 60.8 Å². The number of hydrogen-bond acceptors (Lipinski definition) is 6. The van der Waals surface area contributed by atoms with Crippen LogP contribution in [0.4, 0.5) is 0 Å². The van der Waals surface area contributed by atoms with Crippen molar-refractivity contribution in [3.63, 3.8) is 0 Å². The lowest BCUT2D eigenvalue weighted by Crippen LogP contribution is -2.50. The summed E-state index contributed by atoms with van der Waals surface area (Å²) < 4.78 is 17.3. The Balaban J connectivity index is 4.37. The van der Waals surface area contributed by atoms with Gasteiger partial charge in [0.2, 0.25) is 0 Å². The molecule has 0 bridgehead atoms. The van der Waals surface area contributed by atoms with Crippen LogP contribution in [-0.2, 0) is 28.6 Å². The van der Waals surface area contributed by atoms with Gasteiger partial charge in [-0.1, -0.05) is 152 Å². The summed E-state index contributed by atoms with van der Waals surface area (Å²) in [5, 5.41) is 9.63. The summed E-state index contributed by atoms with van der Waals surface area (Å²) in [7, 11) is 5.51. The maximum absolute atomic E-state index is 12.7. The van der Waals surface area contributed by atoms with Gasteiger partial charge in [-0.05, 0) is 77.0 Å². The minimum Gasteiger partial charge on any atom is -0.477 e. The smallest absolute Gasteiger partial charge is 0.362 e. The van der Waals surface area contributed by atoms with Gasteiger partial charge >= 0.3 is 17.9 Å². The number of ether oxygens (including phenoxy) is 3. The SMILES string of the molecule is CC/C=C/C/C=C/C/C=C/C/C=C/CCCCCC(=O)OC(COCCC(C(=O)O)[N+](C)(C)C)COC(=O)CCCCCCC/C=C/CCCCCCCCCCC. The third-order valence-corrected chi connectivity index (χ3v) is 10.2. The molecule has 2 unspecified atom stereocenters. The van der Waals surface area contributed by atoms with E-state index in [1.165, 1.54) is 70.6 Å². The highest BCUT2D eigenvalue weighted by Gasteiger charge is 2.31. The Morgan fingerprint density at radius 1 is 0.534 bits per heavy atom. The van der Waals surface area contributed by atoms with Gasteiger partial charge in [0.05, 0.1) is 34.4 Å². The van der Waals surface area contributed by atoms with Gasteiger partial charge in [0.25, 0.3) is 0 Å². The van der Waals surface area contributed by atoms with Crippen molar-refractivity contribution in [2.24, 2.45) is 0 Å². The van der Waals surface area contributed by atoms with Crippen molar-refractivity contribution in [3.8, 4) is 0 Å². The zero-order valence-corrected chi connectivity index (χ0v) is 38.0. The van der Waals surface area contributed by atoms with Crippen molar-refractivity contribution in [2.45, 2.75) is 199 Å². The first kappa shape index (κ1) is 55.0. The van der Waals surface area contributed by atoms with Crippen LogP contribution in [0.2, 0.25) is 0 Å². The number of carbonyl (C=O) groups excluding carboxylic acids is 2. The summed E-state index contributed by atoms with van der Waals surface area (Å²) in [5.41, 5.74) is 0. The van der Waals surface area contributed by atoms with Gasteiger partial charge < -0.3 is 23.8 Å². The van der Waals surface area contributed by atoms with Crippen LogP contribution in [0, 0.1) is 0 Å². The summed E-state index contributed by atoms with van der Waals surface area (Å²) in [5.74, 6) is -1.52. The van der Waals surface area contributed by atoms with Crippen LogP contribution in [0.3, 0.4) is 0 Å². The second kappa shape index (κ2) is 40.8. The number of carbonyl (C=O) groups is 3. The molecule has 1 N–H and O–H groups in total. The van der Waals surface area contributed by atoms with Gasteiger partial charge in [-0.2, -0.15) is 0 Å². The second-order valence-electron chi connectivity index (χ2n) is 16.6. The maximum atomic E-state index is 12.7. The van der Waals surface area contributed by atoms with Crippen molar-refractivity contribution >= 4 is 17.9 Å². The largest absolute Gasteiger partial charge is 0.477 e. The van der Waals surface area contributed by atoms with Crippen LogP contribution >= 0.6 is 0 Å². The fourth-order valence-corrected chi connectivity index (χ4v) is 6.55. The quantitative estimate of drug-likeness (QED) is 0.0284. The normalized spacial score (nSPS) is 13.5. The van der Waals surface area contributed by atoms with E-state index in [1.54, 1.807) is 0 Å². The lowest BCUT2D eigenvalue weighted by Gasteiger charge is -2.31. The van der Waals surface area contributed by atoms with Gasteiger partial charge in [-0.25, -0.2) is 4.79 Å². The molecule has 0 amide bonds. The number of hydrogen-bond donors (Lipinski definition) is 1. The van der Waals surface area contributed by atoms with E-state index >= 15 is 0 Å². The van der Waals surface area contributed by atoms with Crippen LogP contribution < -0.4 is 0 Å². The van der Waals surface area contributed by atoms with Gasteiger partial charge in [-0.15, -0.1) is 0 Å². The second-order valence-corrected chi connectivity index (χ2v) is 16.6. The van der Waals surface area contributed by atoms with Gasteiger partial charge in [0.15, 0.2) is 12.1 Å². The zero-order valence-electron chi connectivity index (χ0n) is 38.0. The number of carboxylic acids is 1. The van der Waals surface area contributed by atoms with E-state index in [-0.39, 0.29) is 42.7 Å². The van der Waals surface area contributed by atoms with Crippen LogP contribution in [0.25, 0.3) is 0 Å². The summed E-state index contributed by atoms with van der Waals surface area (Å²) in [6.45, 7) is 4.58. The third-order valence-electron chi connectivity index (χ3n) is 10.2. The van der Waals surface area contributed by atoms with E-state index in [2.05, 4.69) is 74.6 Å². The molecule has 0 saturated heterocycles. The average molecular weight is 815 g/mol. The van der Waals surface area contributed by atoms with E-state index < -0.39 is 18.1 Å². The Morgan fingerprint density at radius 2 is 0.966 bits per heavy atom. The molecule has 334 valence electrons. The Hall–Kier alpha value is -2.97. The number of esters is 2. The van der Waals surface area contributed by atoms with E-state index in [0.29, 0.717) is 12.8 Å². The van der Waals surface area contributed by atoms with Gasteiger partial charge in [0.1, 0.15) is 6.61 Å². The third kappa shape index (κ3) is 38.5. The van der Waals surface area contributed by atoms with E-state index in [0.717, 1.165) is 83.5 Å². The van der Waals surface area contributed by atoms with Crippen molar-refractivity contribution in [3.05, 3.63) is 60.8 Å². The zero-order chi connectivity index (χ0) is 42.8. The molecule has 0 aromatic rings. The molecule has 2 atom stereocenters. The number of nitrogens with zero attached hydrogens (tertiary/aromatic N) is 1. The number of unbranched alkanes of at least 4 members (excludes halogenated alkanes) is 17. The molecule has 0 aliphatic heterocycles. The number of aliphatic carboxylic acids is 1. The molecule has 0 heterocycles. The molecule has 8 nitrogen and oxygen atoms in total. The molecule has 0 aliphatic rings. The van der Waals surface area contributed by atoms with Crippen molar-refractivity contribution in [2.75, 3.05) is 41.0 Å². The monoisotopic (exact) mass is 815 g/mol. The molecule has 0 fully saturated rings. The number of likely N-dealkylation sites (N-methyl/N-ethyl adjacent to an activating group) is 1. The first-order valence-corrected chi connectivity index (χ1v) is 23.3. The summed E-state index contributed by atoms with van der Waals surface area (Å²) in [6, 6.07) is -0.624. The minimum atomic E-state index is -0.883. The van der Waals surface area contributed by atoms with E-state index in [1.807, 2.05) is 21.1 Å². The topological polar surface area (TPSA) is 99.1 Å². The van der Waals surface area contributed by atoms with Crippen molar-refractivity contribution < 1.29 is 38.2 Å². The molecule has 8 heteroatoms. The highest BCUT2D eigenvalue weighted by Crippen LogP contribution is 2.14. The number of rotatable bonds is 41. The first-order valence-electron chi connectivity index (χ1n) is 23.3. The molecular formula is C50H88NO7+. The van der Waals surface area contributed by atoms with Gasteiger partial charge in [-0.3, -0.25) is 9.59 Å². The lowest BCUT2D eigenvalue weighted by molar-refractivity contribution is -0.887. The summed E-state index contributed by atoms with van der Waals surface area (Å²) in [4.78, 5) is 37.0. The van der Waals surface area contributed by atoms with Gasteiger partial charge in [0, 0.05) is 19.3 Å². The Bertz CT molecular complexity index is 1130. The lowest BCUT2D eigenvalue weighted by atomic mass is 10.1. The van der Waals surface area contributed by atoms with Crippen LogP contribution in [-0.4, -0.2) is 80.6 Å². The van der Waals surface area contributed by atoms with Crippen LogP contribution in [0.1, 0.15) is 187 Å². The number of allylic oxidation sites excluding steroid dienone is 10. The average Bonchev–Trinajstić information content (AvgIpc) is 3.18. The van der Waals surface area contributed by atoms with Crippen LogP contribution in [0.5, 0.6) is 0 Å². The number of carboxylic acid groups (broad SMARTS) is 1. The molecule has 0 spiro atoms. The fourth-order valence-electron chi connectivity index (χ4n) is 6.55. The Labute approximate surface area is 356 Å². The fraction of sp³-hybridized carbons (Fsp3) is 0.740. The predicted molar refractivity (Wildman–Crippen MR) is 243 cm³/mol.